The van der Waals surface area contributed by atoms with E-state index in [1.807, 2.05) is 20.8 Å². The fourth-order valence-electron chi connectivity index (χ4n) is 6.14. The smallest absolute Gasteiger partial charge is 0.331 e. The van der Waals surface area contributed by atoms with Crippen LogP contribution in [0.25, 0.3) is 0 Å². The third-order valence-corrected chi connectivity index (χ3v) is 8.48. The van der Waals surface area contributed by atoms with Gasteiger partial charge in [-0.15, -0.1) is 0 Å². The molecular formula is C28H42O8. The summed E-state index contributed by atoms with van der Waals surface area (Å²) >= 11 is 0. The number of fused-ring (bicyclic) bond motifs is 2. The van der Waals surface area contributed by atoms with Crippen LogP contribution in [0, 0.1) is 35.5 Å². The number of hydrogen-bond donors (Lipinski definition) is 0. The van der Waals surface area contributed by atoms with Crippen molar-refractivity contribution in [3.05, 3.63) is 11.6 Å². The predicted octanol–water partition coefficient (Wildman–Crippen LogP) is 4.04. The number of ether oxygens (including phenoxy) is 4. The van der Waals surface area contributed by atoms with E-state index in [9.17, 15) is 19.2 Å². The molecule has 0 aromatic rings. The third-order valence-electron chi connectivity index (χ3n) is 8.48. The Morgan fingerprint density at radius 3 is 2.25 bits per heavy atom. The number of epoxide rings is 1. The molecule has 202 valence electrons. The Morgan fingerprint density at radius 2 is 1.75 bits per heavy atom. The van der Waals surface area contributed by atoms with Gasteiger partial charge in [0.1, 0.15) is 17.8 Å². The van der Waals surface area contributed by atoms with Gasteiger partial charge in [0.15, 0.2) is 11.9 Å². The number of rotatable bonds is 9. The zero-order valence-corrected chi connectivity index (χ0v) is 22.9. The molecule has 1 unspecified atom stereocenters. The molecule has 0 N–H and O–H groups in total. The van der Waals surface area contributed by atoms with Crippen LogP contribution < -0.4 is 0 Å². The first-order valence-corrected chi connectivity index (χ1v) is 13.3. The summed E-state index contributed by atoms with van der Waals surface area (Å²) in [6.45, 7) is 15.0. The fourth-order valence-corrected chi connectivity index (χ4v) is 6.14. The van der Waals surface area contributed by atoms with Crippen molar-refractivity contribution in [2.75, 3.05) is 6.61 Å². The molecule has 8 nitrogen and oxygen atoms in total. The van der Waals surface area contributed by atoms with E-state index in [0.717, 1.165) is 12.0 Å². The van der Waals surface area contributed by atoms with Crippen LogP contribution >= 0.6 is 0 Å². The molecule has 2 saturated carbocycles. The van der Waals surface area contributed by atoms with Crippen molar-refractivity contribution >= 4 is 23.7 Å². The standard InChI is InChI=1S/C28H42O8/c1-9-15(5)11-21(30)35-20-12-19(14(3)4)23-22(17(7)34-18(8)29)25(31)26(24(23)28(20)13-33-28)36-27(32)16(6)10-2/h11,14,16-17,19-20,22-24,26H,9-10,12-13H2,1-8H3/b15-11+/t16?,17-,19+,20-,22-,23-,24+,26+,28+/m0/s1. The first-order chi connectivity index (χ1) is 16.9. The maximum atomic E-state index is 13.9. The summed E-state index contributed by atoms with van der Waals surface area (Å²) in [6.07, 6.45) is 1.04. The topological polar surface area (TPSA) is 108 Å². The summed E-state index contributed by atoms with van der Waals surface area (Å²) in [5.41, 5.74) is 0.00648. The fraction of sp³-hybridized carbons (Fsp3) is 0.786. The zero-order chi connectivity index (χ0) is 26.9. The van der Waals surface area contributed by atoms with Crippen LogP contribution in [0.2, 0.25) is 0 Å². The van der Waals surface area contributed by atoms with Crippen molar-refractivity contribution in [3.63, 3.8) is 0 Å². The molecular weight excluding hydrogens is 464 g/mol. The Labute approximate surface area is 214 Å². The van der Waals surface area contributed by atoms with Gasteiger partial charge in [0.25, 0.3) is 0 Å². The first kappa shape index (κ1) is 28.4. The van der Waals surface area contributed by atoms with Crippen molar-refractivity contribution in [2.24, 2.45) is 35.5 Å². The second kappa shape index (κ2) is 11.0. The summed E-state index contributed by atoms with van der Waals surface area (Å²) < 4.78 is 23.4. The molecule has 0 aromatic carbocycles. The zero-order valence-electron chi connectivity index (χ0n) is 22.9. The van der Waals surface area contributed by atoms with Gasteiger partial charge in [-0.1, -0.05) is 40.2 Å². The van der Waals surface area contributed by atoms with Crippen LogP contribution in [0.4, 0.5) is 0 Å². The third kappa shape index (κ3) is 5.38. The SMILES string of the molecule is CC/C(C)=C/C(=O)O[C@H]1C[C@H](C(C)C)[C@H]2[C@H]([C@H](C)OC(C)=O)C(=O)[C@H](OC(=O)C(C)CC)[C@@H]2[C@@]12CO2. The largest absolute Gasteiger partial charge is 0.462 e. The van der Waals surface area contributed by atoms with Gasteiger partial charge in [-0.3, -0.25) is 14.4 Å². The minimum Gasteiger partial charge on any atom is -0.462 e. The first-order valence-electron chi connectivity index (χ1n) is 13.3. The number of ketones is 1. The molecule has 1 heterocycles. The highest BCUT2D eigenvalue weighted by atomic mass is 16.6. The molecule has 2 aliphatic carbocycles. The molecule has 1 spiro atoms. The monoisotopic (exact) mass is 506 g/mol. The van der Waals surface area contributed by atoms with E-state index in [0.29, 0.717) is 19.4 Å². The van der Waals surface area contributed by atoms with Gasteiger partial charge in [-0.25, -0.2) is 4.79 Å². The summed E-state index contributed by atoms with van der Waals surface area (Å²) in [7, 11) is 0. The van der Waals surface area contributed by atoms with Crippen LogP contribution in [0.15, 0.2) is 11.6 Å². The molecule has 3 rings (SSSR count). The molecule has 3 fully saturated rings. The highest BCUT2D eigenvalue weighted by molar-refractivity contribution is 5.92. The van der Waals surface area contributed by atoms with Gasteiger partial charge in [0.05, 0.1) is 18.4 Å². The van der Waals surface area contributed by atoms with Crippen molar-refractivity contribution in [3.8, 4) is 0 Å². The lowest BCUT2D eigenvalue weighted by atomic mass is 9.60. The number of hydrogen-bond acceptors (Lipinski definition) is 8. The van der Waals surface area contributed by atoms with Gasteiger partial charge in [0, 0.05) is 18.9 Å². The van der Waals surface area contributed by atoms with Crippen LogP contribution in [0.3, 0.4) is 0 Å². The summed E-state index contributed by atoms with van der Waals surface area (Å²) in [5.74, 6) is -3.20. The lowest BCUT2D eigenvalue weighted by Gasteiger charge is -2.46. The molecule has 0 amide bonds. The van der Waals surface area contributed by atoms with E-state index in [4.69, 9.17) is 18.9 Å². The Balaban J connectivity index is 2.04. The van der Waals surface area contributed by atoms with Gasteiger partial charge < -0.3 is 18.9 Å². The highest BCUT2D eigenvalue weighted by Gasteiger charge is 2.74. The quantitative estimate of drug-likeness (QED) is 0.200. The van der Waals surface area contributed by atoms with Crippen molar-refractivity contribution < 1.29 is 38.1 Å². The lowest BCUT2D eigenvalue weighted by Crippen LogP contribution is -2.55. The van der Waals surface area contributed by atoms with Crippen molar-refractivity contribution in [2.45, 2.75) is 98.6 Å². The number of carbonyl (C=O) groups is 4. The van der Waals surface area contributed by atoms with Gasteiger partial charge in [0.2, 0.25) is 0 Å². The Kier molecular flexibility index (Phi) is 8.69. The number of allylic oxidation sites excluding steroid dienone is 1. The number of Topliss-reactive ketones (excluding diaryl/α,β-unsaturated/α-hetero) is 1. The van der Waals surface area contributed by atoms with Crippen molar-refractivity contribution in [1.29, 1.82) is 0 Å². The Hall–Kier alpha value is -2.22. The molecule has 0 aromatic heterocycles. The summed E-state index contributed by atoms with van der Waals surface area (Å²) in [4.78, 5) is 51.3. The minimum atomic E-state index is -1.04. The van der Waals surface area contributed by atoms with E-state index < -0.39 is 53.7 Å². The average Bonchev–Trinajstić information content (AvgIpc) is 3.53. The van der Waals surface area contributed by atoms with Gasteiger partial charge in [-0.2, -0.15) is 0 Å². The second-order valence-electron chi connectivity index (χ2n) is 11.2. The molecule has 1 aliphatic heterocycles. The van der Waals surface area contributed by atoms with E-state index in [-0.39, 0.29) is 29.5 Å². The number of carbonyl (C=O) groups excluding carboxylic acids is 4. The minimum absolute atomic E-state index is 0.0295. The molecule has 8 heteroatoms. The van der Waals surface area contributed by atoms with Crippen LogP contribution in [-0.2, 0) is 38.1 Å². The van der Waals surface area contributed by atoms with Crippen molar-refractivity contribution in [1.82, 2.24) is 0 Å². The van der Waals surface area contributed by atoms with E-state index in [1.165, 1.54) is 13.0 Å². The molecule has 0 radical (unpaired) electrons. The predicted molar refractivity (Wildman–Crippen MR) is 132 cm³/mol. The van der Waals surface area contributed by atoms with Crippen LogP contribution in [-0.4, -0.2) is 54.2 Å². The molecule has 36 heavy (non-hydrogen) atoms. The maximum Gasteiger partial charge on any atom is 0.331 e. The molecule has 0 bridgehead atoms. The van der Waals surface area contributed by atoms with E-state index >= 15 is 0 Å². The number of esters is 3. The van der Waals surface area contributed by atoms with E-state index in [1.54, 1.807) is 13.8 Å². The van der Waals surface area contributed by atoms with Crippen LogP contribution in [0.1, 0.15) is 74.7 Å². The summed E-state index contributed by atoms with van der Waals surface area (Å²) in [6, 6.07) is 0. The highest BCUT2D eigenvalue weighted by Crippen LogP contribution is 2.61. The van der Waals surface area contributed by atoms with E-state index in [2.05, 4.69) is 13.8 Å². The van der Waals surface area contributed by atoms with Gasteiger partial charge >= 0.3 is 17.9 Å². The molecule has 3 aliphatic rings. The molecule has 9 atom stereocenters. The summed E-state index contributed by atoms with van der Waals surface area (Å²) in [5, 5.41) is 0. The lowest BCUT2D eigenvalue weighted by molar-refractivity contribution is -0.172. The average molecular weight is 507 g/mol. The molecule has 1 saturated heterocycles. The Bertz CT molecular complexity index is 901. The second-order valence-corrected chi connectivity index (χ2v) is 11.2. The maximum absolute atomic E-state index is 13.9. The Morgan fingerprint density at radius 1 is 1.11 bits per heavy atom. The normalized spacial score (nSPS) is 35.2. The van der Waals surface area contributed by atoms with Crippen LogP contribution in [0.5, 0.6) is 0 Å². The van der Waals surface area contributed by atoms with Gasteiger partial charge in [-0.05, 0) is 50.9 Å².